The van der Waals surface area contributed by atoms with Crippen LogP contribution in [0.4, 0.5) is 0 Å². The zero-order valence-electron chi connectivity index (χ0n) is 11.8. The SMILES string of the molecule is Cc1cc(C)cc(C(C)NCCC2CCCO2)c1. The van der Waals surface area contributed by atoms with Crippen LogP contribution in [0.3, 0.4) is 0 Å². The smallest absolute Gasteiger partial charge is 0.0588 e. The second-order valence-corrected chi connectivity index (χ2v) is 5.52. The van der Waals surface area contributed by atoms with Crippen molar-refractivity contribution >= 4 is 0 Å². The van der Waals surface area contributed by atoms with Crippen molar-refractivity contribution in [2.75, 3.05) is 13.2 Å². The molecule has 0 amide bonds. The number of hydrogen-bond acceptors (Lipinski definition) is 2. The number of benzene rings is 1. The van der Waals surface area contributed by atoms with E-state index in [1.807, 2.05) is 0 Å². The van der Waals surface area contributed by atoms with Gasteiger partial charge in [-0.3, -0.25) is 0 Å². The Kier molecular flexibility index (Phi) is 4.79. The Morgan fingerprint density at radius 1 is 1.28 bits per heavy atom. The maximum absolute atomic E-state index is 5.64. The molecule has 0 aliphatic carbocycles. The topological polar surface area (TPSA) is 21.3 Å². The Morgan fingerprint density at radius 2 is 2.00 bits per heavy atom. The molecule has 1 N–H and O–H groups in total. The van der Waals surface area contributed by atoms with Gasteiger partial charge < -0.3 is 10.1 Å². The average molecular weight is 247 g/mol. The Bertz CT molecular complexity index is 362. The predicted molar refractivity (Wildman–Crippen MR) is 75.9 cm³/mol. The number of ether oxygens (including phenoxy) is 1. The van der Waals surface area contributed by atoms with E-state index in [1.54, 1.807) is 0 Å². The summed E-state index contributed by atoms with van der Waals surface area (Å²) in [5.41, 5.74) is 4.08. The van der Waals surface area contributed by atoms with Gasteiger partial charge in [0.05, 0.1) is 6.10 Å². The predicted octanol–water partition coefficient (Wildman–Crippen LogP) is 3.52. The molecule has 0 bridgehead atoms. The molecule has 0 saturated carbocycles. The fourth-order valence-electron chi connectivity index (χ4n) is 2.71. The zero-order valence-corrected chi connectivity index (χ0v) is 11.8. The molecule has 1 heterocycles. The molecule has 0 radical (unpaired) electrons. The Hall–Kier alpha value is -0.860. The second-order valence-electron chi connectivity index (χ2n) is 5.52. The molecule has 1 aromatic carbocycles. The van der Waals surface area contributed by atoms with Gasteiger partial charge in [-0.2, -0.15) is 0 Å². The minimum Gasteiger partial charge on any atom is -0.378 e. The highest BCUT2D eigenvalue weighted by Gasteiger charge is 2.15. The fourth-order valence-corrected chi connectivity index (χ4v) is 2.71. The molecule has 1 aliphatic heterocycles. The largest absolute Gasteiger partial charge is 0.378 e. The van der Waals surface area contributed by atoms with Crippen LogP contribution in [0.15, 0.2) is 18.2 Å². The fraction of sp³-hybridized carbons (Fsp3) is 0.625. The van der Waals surface area contributed by atoms with Gasteiger partial charge in [-0.15, -0.1) is 0 Å². The molecule has 100 valence electrons. The molecule has 2 unspecified atom stereocenters. The van der Waals surface area contributed by atoms with Crippen LogP contribution in [0.2, 0.25) is 0 Å². The van der Waals surface area contributed by atoms with Crippen molar-refractivity contribution in [2.24, 2.45) is 0 Å². The van der Waals surface area contributed by atoms with Crippen LogP contribution >= 0.6 is 0 Å². The Morgan fingerprint density at radius 3 is 2.61 bits per heavy atom. The lowest BCUT2D eigenvalue weighted by atomic mass is 10.0. The monoisotopic (exact) mass is 247 g/mol. The highest BCUT2D eigenvalue weighted by Crippen LogP contribution is 2.18. The maximum Gasteiger partial charge on any atom is 0.0588 e. The van der Waals surface area contributed by atoms with Gasteiger partial charge in [-0.05, 0) is 52.1 Å². The molecule has 2 rings (SSSR count). The normalized spacial score (nSPS) is 21.2. The van der Waals surface area contributed by atoms with E-state index in [-0.39, 0.29) is 0 Å². The second kappa shape index (κ2) is 6.35. The van der Waals surface area contributed by atoms with E-state index in [9.17, 15) is 0 Å². The van der Waals surface area contributed by atoms with E-state index in [2.05, 4.69) is 44.3 Å². The molecule has 2 nitrogen and oxygen atoms in total. The third-order valence-corrected chi connectivity index (χ3v) is 3.68. The minimum absolute atomic E-state index is 0.421. The van der Waals surface area contributed by atoms with Gasteiger partial charge in [0.25, 0.3) is 0 Å². The van der Waals surface area contributed by atoms with Crippen molar-refractivity contribution in [2.45, 2.75) is 52.2 Å². The van der Waals surface area contributed by atoms with Crippen LogP contribution in [0.5, 0.6) is 0 Å². The van der Waals surface area contributed by atoms with Crippen LogP contribution < -0.4 is 5.32 Å². The van der Waals surface area contributed by atoms with E-state index in [0.29, 0.717) is 12.1 Å². The summed E-state index contributed by atoms with van der Waals surface area (Å²) in [5, 5.41) is 3.60. The van der Waals surface area contributed by atoms with Crippen molar-refractivity contribution in [3.63, 3.8) is 0 Å². The summed E-state index contributed by atoms with van der Waals surface area (Å²) in [6.45, 7) is 8.56. The maximum atomic E-state index is 5.64. The van der Waals surface area contributed by atoms with Crippen LogP contribution in [0, 0.1) is 13.8 Å². The zero-order chi connectivity index (χ0) is 13.0. The standard InChI is InChI=1S/C16H25NO/c1-12-9-13(2)11-15(10-12)14(3)17-7-6-16-5-4-8-18-16/h9-11,14,16-17H,4-8H2,1-3H3. The summed E-state index contributed by atoms with van der Waals surface area (Å²) < 4.78 is 5.64. The van der Waals surface area contributed by atoms with Crippen LogP contribution in [0.25, 0.3) is 0 Å². The molecular formula is C16H25NO. The van der Waals surface area contributed by atoms with Gasteiger partial charge in [0.15, 0.2) is 0 Å². The van der Waals surface area contributed by atoms with E-state index in [0.717, 1.165) is 19.6 Å². The van der Waals surface area contributed by atoms with Gasteiger partial charge >= 0.3 is 0 Å². The third kappa shape index (κ3) is 3.82. The number of nitrogens with one attached hydrogen (secondary N) is 1. The minimum atomic E-state index is 0.421. The van der Waals surface area contributed by atoms with Gasteiger partial charge in [-0.25, -0.2) is 0 Å². The molecule has 1 aliphatic rings. The van der Waals surface area contributed by atoms with E-state index < -0.39 is 0 Å². The summed E-state index contributed by atoms with van der Waals surface area (Å²) in [5.74, 6) is 0. The molecular weight excluding hydrogens is 222 g/mol. The van der Waals surface area contributed by atoms with E-state index >= 15 is 0 Å². The first-order valence-corrected chi connectivity index (χ1v) is 7.08. The molecule has 18 heavy (non-hydrogen) atoms. The van der Waals surface area contributed by atoms with Gasteiger partial charge in [0.1, 0.15) is 0 Å². The first-order valence-electron chi connectivity index (χ1n) is 7.08. The Labute approximate surface area is 111 Å². The van der Waals surface area contributed by atoms with Crippen molar-refractivity contribution < 1.29 is 4.74 Å². The molecule has 2 heteroatoms. The van der Waals surface area contributed by atoms with Crippen molar-refractivity contribution in [3.8, 4) is 0 Å². The lowest BCUT2D eigenvalue weighted by Crippen LogP contribution is -2.23. The van der Waals surface area contributed by atoms with E-state index in [1.165, 1.54) is 29.5 Å². The first-order chi connectivity index (χ1) is 8.65. The van der Waals surface area contributed by atoms with E-state index in [4.69, 9.17) is 4.74 Å². The Balaban J connectivity index is 1.81. The van der Waals surface area contributed by atoms with Crippen molar-refractivity contribution in [1.29, 1.82) is 0 Å². The van der Waals surface area contributed by atoms with Gasteiger partial charge in [-0.1, -0.05) is 29.3 Å². The number of hydrogen-bond donors (Lipinski definition) is 1. The first kappa shape index (κ1) is 13.6. The quantitative estimate of drug-likeness (QED) is 0.859. The third-order valence-electron chi connectivity index (χ3n) is 3.68. The molecule has 1 aromatic rings. The highest BCUT2D eigenvalue weighted by atomic mass is 16.5. The van der Waals surface area contributed by atoms with Crippen LogP contribution in [0.1, 0.15) is 48.9 Å². The number of aryl methyl sites for hydroxylation is 2. The number of rotatable bonds is 5. The van der Waals surface area contributed by atoms with Crippen molar-refractivity contribution in [1.82, 2.24) is 5.32 Å². The lowest BCUT2D eigenvalue weighted by Gasteiger charge is -2.17. The van der Waals surface area contributed by atoms with Crippen LogP contribution in [-0.4, -0.2) is 19.3 Å². The summed E-state index contributed by atoms with van der Waals surface area (Å²) in [4.78, 5) is 0. The molecule has 0 spiro atoms. The average Bonchev–Trinajstić information content (AvgIpc) is 2.80. The van der Waals surface area contributed by atoms with Crippen LogP contribution in [-0.2, 0) is 4.74 Å². The summed E-state index contributed by atoms with van der Waals surface area (Å²) in [6, 6.07) is 7.20. The summed E-state index contributed by atoms with van der Waals surface area (Å²) in [6.07, 6.45) is 4.09. The highest BCUT2D eigenvalue weighted by molar-refractivity contribution is 5.30. The van der Waals surface area contributed by atoms with Gasteiger partial charge in [0.2, 0.25) is 0 Å². The summed E-state index contributed by atoms with van der Waals surface area (Å²) in [7, 11) is 0. The summed E-state index contributed by atoms with van der Waals surface area (Å²) >= 11 is 0. The van der Waals surface area contributed by atoms with Crippen molar-refractivity contribution in [3.05, 3.63) is 34.9 Å². The molecule has 2 atom stereocenters. The molecule has 1 saturated heterocycles. The molecule has 0 aromatic heterocycles. The lowest BCUT2D eigenvalue weighted by molar-refractivity contribution is 0.103. The molecule has 1 fully saturated rings. The van der Waals surface area contributed by atoms with Gasteiger partial charge in [0, 0.05) is 12.6 Å².